The number of thioether (sulfide) groups is 1. The Bertz CT molecular complexity index is 496. The molecule has 0 unspecified atom stereocenters. The van der Waals surface area contributed by atoms with Gasteiger partial charge in [-0.1, -0.05) is 25.7 Å². The minimum atomic E-state index is -0.839. The Morgan fingerprint density at radius 2 is 1.80 bits per heavy atom. The Morgan fingerprint density at radius 3 is 2.30 bits per heavy atom. The van der Waals surface area contributed by atoms with Crippen LogP contribution in [0.5, 0.6) is 0 Å². The van der Waals surface area contributed by atoms with E-state index in [0.717, 1.165) is 36.3 Å². The van der Waals surface area contributed by atoms with Gasteiger partial charge in [-0.15, -0.1) is 11.8 Å². The van der Waals surface area contributed by atoms with Crippen molar-refractivity contribution in [1.29, 1.82) is 5.26 Å². The number of nitriles is 1. The Hall–Kier alpha value is -1.47. The number of hydrogen-bond donors (Lipinski definition) is 1. The van der Waals surface area contributed by atoms with Crippen LogP contribution in [0.1, 0.15) is 38.5 Å². The van der Waals surface area contributed by atoms with Crippen molar-refractivity contribution < 1.29 is 4.79 Å². The van der Waals surface area contributed by atoms with Crippen LogP contribution in [0.2, 0.25) is 0 Å². The fraction of sp³-hybridized carbons (Fsp3) is 0.500. The molecule has 0 atom stereocenters. The van der Waals surface area contributed by atoms with Gasteiger partial charge < -0.3 is 5.32 Å². The molecule has 0 bridgehead atoms. The third-order valence-corrected chi connectivity index (χ3v) is 4.70. The fourth-order valence-corrected chi connectivity index (χ4v) is 3.06. The molecule has 1 fully saturated rings. The van der Waals surface area contributed by atoms with E-state index in [2.05, 4.69) is 11.4 Å². The first-order valence-corrected chi connectivity index (χ1v) is 8.29. The number of carbonyl (C=O) groups excluding carboxylic acids is 1. The number of amides is 1. The van der Waals surface area contributed by atoms with E-state index in [0.29, 0.717) is 12.8 Å². The summed E-state index contributed by atoms with van der Waals surface area (Å²) in [6, 6.07) is 10.0. The summed E-state index contributed by atoms with van der Waals surface area (Å²) in [6.07, 6.45) is 7.55. The topological polar surface area (TPSA) is 52.9 Å². The van der Waals surface area contributed by atoms with Gasteiger partial charge >= 0.3 is 0 Å². The van der Waals surface area contributed by atoms with Gasteiger partial charge in [0, 0.05) is 10.6 Å². The van der Waals surface area contributed by atoms with Crippen LogP contribution in [0.3, 0.4) is 0 Å². The third kappa shape index (κ3) is 3.34. The van der Waals surface area contributed by atoms with E-state index in [1.807, 2.05) is 30.5 Å². The first kappa shape index (κ1) is 14.9. The molecule has 20 heavy (non-hydrogen) atoms. The van der Waals surface area contributed by atoms with Crippen molar-refractivity contribution in [3.05, 3.63) is 24.3 Å². The molecule has 1 N–H and O–H groups in total. The standard InChI is InChI=1S/C16H20N2OS/c1-20-14-8-6-13(7-9-14)18-15(19)16(12-17)10-4-2-3-5-11-16/h6-9H,2-5,10-11H2,1H3,(H,18,19). The van der Waals surface area contributed by atoms with Crippen LogP contribution in [0, 0.1) is 16.7 Å². The van der Waals surface area contributed by atoms with Gasteiger partial charge in [0.15, 0.2) is 0 Å². The van der Waals surface area contributed by atoms with Crippen molar-refractivity contribution in [1.82, 2.24) is 0 Å². The average Bonchev–Trinajstić information content (AvgIpc) is 2.74. The Balaban J connectivity index is 2.10. The number of nitrogens with one attached hydrogen (secondary N) is 1. The highest BCUT2D eigenvalue weighted by Gasteiger charge is 2.38. The van der Waals surface area contributed by atoms with Crippen molar-refractivity contribution in [3.63, 3.8) is 0 Å². The van der Waals surface area contributed by atoms with E-state index < -0.39 is 5.41 Å². The van der Waals surface area contributed by atoms with Gasteiger partial charge in [0.1, 0.15) is 5.41 Å². The van der Waals surface area contributed by atoms with E-state index >= 15 is 0 Å². The number of nitrogens with zero attached hydrogens (tertiary/aromatic N) is 1. The lowest BCUT2D eigenvalue weighted by Gasteiger charge is -2.23. The Morgan fingerprint density at radius 1 is 1.20 bits per heavy atom. The first-order valence-electron chi connectivity index (χ1n) is 7.07. The van der Waals surface area contributed by atoms with Gasteiger partial charge in [0.2, 0.25) is 5.91 Å². The number of hydrogen-bond acceptors (Lipinski definition) is 3. The number of carbonyl (C=O) groups is 1. The lowest BCUT2D eigenvalue weighted by Crippen LogP contribution is -2.34. The highest BCUT2D eigenvalue weighted by Crippen LogP contribution is 2.35. The molecule has 4 heteroatoms. The zero-order valence-electron chi connectivity index (χ0n) is 11.8. The van der Waals surface area contributed by atoms with Crippen LogP contribution >= 0.6 is 11.8 Å². The van der Waals surface area contributed by atoms with Crippen LogP contribution < -0.4 is 5.32 Å². The molecule has 3 nitrogen and oxygen atoms in total. The molecule has 0 spiro atoms. The molecule has 1 amide bonds. The van der Waals surface area contributed by atoms with Gasteiger partial charge in [-0.25, -0.2) is 0 Å². The zero-order chi connectivity index (χ0) is 14.4. The largest absolute Gasteiger partial charge is 0.325 e. The van der Waals surface area contributed by atoms with E-state index in [-0.39, 0.29) is 5.91 Å². The van der Waals surface area contributed by atoms with Crippen LogP contribution in [-0.2, 0) is 4.79 Å². The minimum absolute atomic E-state index is 0.140. The highest BCUT2D eigenvalue weighted by molar-refractivity contribution is 7.98. The average molecular weight is 288 g/mol. The van der Waals surface area contributed by atoms with Crippen molar-refractivity contribution in [2.75, 3.05) is 11.6 Å². The summed E-state index contributed by atoms with van der Waals surface area (Å²) >= 11 is 1.67. The maximum Gasteiger partial charge on any atom is 0.244 e. The lowest BCUT2D eigenvalue weighted by molar-refractivity contribution is -0.123. The third-order valence-electron chi connectivity index (χ3n) is 3.95. The Kier molecular flexibility index (Phi) is 5.08. The normalized spacial score (nSPS) is 17.8. The number of rotatable bonds is 3. The first-order chi connectivity index (χ1) is 9.70. The van der Waals surface area contributed by atoms with E-state index in [1.165, 1.54) is 0 Å². The van der Waals surface area contributed by atoms with Crippen molar-refractivity contribution in [2.45, 2.75) is 43.4 Å². The maximum atomic E-state index is 12.5. The SMILES string of the molecule is CSc1ccc(NC(=O)C2(C#N)CCCCCC2)cc1. The number of anilines is 1. The fourth-order valence-electron chi connectivity index (χ4n) is 2.65. The van der Waals surface area contributed by atoms with Gasteiger partial charge in [0.25, 0.3) is 0 Å². The summed E-state index contributed by atoms with van der Waals surface area (Å²) in [5, 5.41) is 12.4. The quantitative estimate of drug-likeness (QED) is 0.669. The summed E-state index contributed by atoms with van der Waals surface area (Å²) in [4.78, 5) is 13.6. The molecule has 1 aromatic rings. The summed E-state index contributed by atoms with van der Waals surface area (Å²) in [5.74, 6) is -0.140. The van der Waals surface area contributed by atoms with Gasteiger partial charge in [-0.05, 0) is 43.4 Å². The summed E-state index contributed by atoms with van der Waals surface area (Å²) < 4.78 is 0. The zero-order valence-corrected chi connectivity index (χ0v) is 12.6. The molecular formula is C16H20N2OS. The van der Waals surface area contributed by atoms with Crippen LogP contribution in [0.15, 0.2) is 29.2 Å². The second-order valence-electron chi connectivity index (χ2n) is 5.29. The predicted octanol–water partition coefficient (Wildman–Crippen LogP) is 4.21. The van der Waals surface area contributed by atoms with Gasteiger partial charge in [-0.3, -0.25) is 4.79 Å². The summed E-state index contributed by atoms with van der Waals surface area (Å²) in [6.45, 7) is 0. The molecule has 106 valence electrons. The smallest absolute Gasteiger partial charge is 0.244 e. The molecule has 0 aliphatic heterocycles. The molecule has 0 saturated heterocycles. The molecule has 1 aliphatic rings. The van der Waals surface area contributed by atoms with E-state index in [9.17, 15) is 10.1 Å². The monoisotopic (exact) mass is 288 g/mol. The molecule has 1 aromatic carbocycles. The van der Waals surface area contributed by atoms with Crippen LogP contribution in [0.4, 0.5) is 5.69 Å². The number of benzene rings is 1. The molecule has 1 saturated carbocycles. The summed E-state index contributed by atoms with van der Waals surface area (Å²) in [5.41, 5.74) is -0.0685. The molecule has 0 aromatic heterocycles. The van der Waals surface area contributed by atoms with Crippen molar-refractivity contribution in [2.24, 2.45) is 5.41 Å². The molecule has 2 rings (SSSR count). The van der Waals surface area contributed by atoms with Crippen LogP contribution in [0.25, 0.3) is 0 Å². The van der Waals surface area contributed by atoms with Crippen LogP contribution in [-0.4, -0.2) is 12.2 Å². The van der Waals surface area contributed by atoms with Crippen molar-refractivity contribution in [3.8, 4) is 6.07 Å². The molecule has 0 radical (unpaired) electrons. The highest BCUT2D eigenvalue weighted by atomic mass is 32.2. The van der Waals surface area contributed by atoms with E-state index in [1.54, 1.807) is 11.8 Å². The second kappa shape index (κ2) is 6.81. The molecule has 0 heterocycles. The second-order valence-corrected chi connectivity index (χ2v) is 6.17. The predicted molar refractivity (Wildman–Crippen MR) is 82.6 cm³/mol. The van der Waals surface area contributed by atoms with E-state index in [4.69, 9.17) is 0 Å². The minimum Gasteiger partial charge on any atom is -0.325 e. The molecule has 1 aliphatic carbocycles. The van der Waals surface area contributed by atoms with Gasteiger partial charge in [-0.2, -0.15) is 5.26 Å². The molecular weight excluding hydrogens is 268 g/mol. The lowest BCUT2D eigenvalue weighted by atomic mass is 9.81. The van der Waals surface area contributed by atoms with Crippen molar-refractivity contribution >= 4 is 23.4 Å². The summed E-state index contributed by atoms with van der Waals surface area (Å²) in [7, 11) is 0. The van der Waals surface area contributed by atoms with Gasteiger partial charge in [0.05, 0.1) is 6.07 Å². The maximum absolute atomic E-state index is 12.5. The Labute approximate surface area is 124 Å².